The number of nitrogens with zero attached hydrogens (tertiary/aromatic N) is 1. The number of nitro groups is 1. The van der Waals surface area contributed by atoms with Crippen molar-refractivity contribution in [3.05, 3.63) is 69.0 Å². The first-order chi connectivity index (χ1) is 12.3. The molecule has 1 amide bonds. The lowest BCUT2D eigenvalue weighted by molar-refractivity contribution is -0.692. The molecule has 2 aromatic rings. The highest BCUT2D eigenvalue weighted by Gasteiger charge is 2.22. The van der Waals surface area contributed by atoms with E-state index in [0.29, 0.717) is 5.02 Å². The summed E-state index contributed by atoms with van der Waals surface area (Å²) in [7, 11) is 0. The highest BCUT2D eigenvalue weighted by Crippen LogP contribution is 2.27. The van der Waals surface area contributed by atoms with E-state index in [2.05, 4.69) is 5.32 Å². The molecule has 1 atom stereocenters. The standard InChI is InChI=1S/C18H19ClFN3O3/c1-11(2)18(12-3-6-14(20)7-4-12)21-10-17(24)22-15-9-13(19)5-8-16(15)23(25)26/h3-9,11,18,21H,10H2,1-2H3,(H,22,24)/p+1/t18-/m0/s1. The number of quaternary nitrogens is 1. The minimum absolute atomic E-state index is 0.0457. The number of rotatable bonds is 7. The molecular formula is C18H20ClFN3O3+. The molecule has 0 bridgehead atoms. The Balaban J connectivity index is 2.06. The maximum Gasteiger partial charge on any atom is 0.292 e. The molecule has 2 aromatic carbocycles. The van der Waals surface area contributed by atoms with Crippen molar-refractivity contribution >= 4 is 28.9 Å². The zero-order valence-corrected chi connectivity index (χ0v) is 15.2. The lowest BCUT2D eigenvalue weighted by atomic mass is 9.96. The van der Waals surface area contributed by atoms with E-state index in [-0.39, 0.29) is 41.6 Å². The molecule has 138 valence electrons. The Bertz CT molecular complexity index is 797. The van der Waals surface area contributed by atoms with E-state index in [1.165, 1.54) is 30.3 Å². The second kappa shape index (κ2) is 8.73. The van der Waals surface area contributed by atoms with Gasteiger partial charge in [0.2, 0.25) is 0 Å². The average molecular weight is 381 g/mol. The Morgan fingerprint density at radius 2 is 1.92 bits per heavy atom. The summed E-state index contributed by atoms with van der Waals surface area (Å²) in [6, 6.07) is 10.1. The molecule has 0 unspecified atom stereocenters. The van der Waals surface area contributed by atoms with Crippen molar-refractivity contribution in [3.8, 4) is 0 Å². The largest absolute Gasteiger partial charge is 0.332 e. The van der Waals surface area contributed by atoms with Gasteiger partial charge >= 0.3 is 0 Å². The Labute approximate surface area is 155 Å². The smallest absolute Gasteiger partial charge is 0.292 e. The number of nitrogens with two attached hydrogens (primary N) is 1. The molecule has 8 heteroatoms. The minimum atomic E-state index is -0.578. The Hall–Kier alpha value is -2.51. The summed E-state index contributed by atoms with van der Waals surface area (Å²) < 4.78 is 13.1. The summed E-state index contributed by atoms with van der Waals surface area (Å²) in [6.45, 7) is 4.07. The molecule has 0 heterocycles. The third kappa shape index (κ3) is 5.24. The summed E-state index contributed by atoms with van der Waals surface area (Å²) in [4.78, 5) is 22.7. The molecule has 3 N–H and O–H groups in total. The van der Waals surface area contributed by atoms with Crippen molar-refractivity contribution in [2.45, 2.75) is 19.9 Å². The van der Waals surface area contributed by atoms with Gasteiger partial charge in [0.25, 0.3) is 11.6 Å². The third-order valence-corrected chi connectivity index (χ3v) is 4.19. The first-order valence-corrected chi connectivity index (χ1v) is 8.48. The quantitative estimate of drug-likeness (QED) is 0.570. The van der Waals surface area contributed by atoms with E-state index in [1.54, 1.807) is 12.1 Å². The van der Waals surface area contributed by atoms with Gasteiger partial charge in [-0.15, -0.1) is 0 Å². The van der Waals surface area contributed by atoms with Crippen LogP contribution in [0.1, 0.15) is 25.5 Å². The van der Waals surface area contributed by atoms with Crippen molar-refractivity contribution in [1.82, 2.24) is 0 Å². The van der Waals surface area contributed by atoms with Crippen LogP contribution in [-0.2, 0) is 4.79 Å². The van der Waals surface area contributed by atoms with Crippen molar-refractivity contribution in [2.24, 2.45) is 5.92 Å². The maximum absolute atomic E-state index is 13.1. The fraction of sp³-hybridized carbons (Fsp3) is 0.278. The van der Waals surface area contributed by atoms with Crippen LogP contribution >= 0.6 is 11.6 Å². The second-order valence-corrected chi connectivity index (χ2v) is 6.66. The molecule has 0 radical (unpaired) electrons. The molecule has 0 saturated heterocycles. The van der Waals surface area contributed by atoms with Crippen LogP contribution in [-0.4, -0.2) is 17.4 Å². The van der Waals surface area contributed by atoms with Gasteiger partial charge in [-0.1, -0.05) is 37.6 Å². The topological polar surface area (TPSA) is 88.8 Å². The molecular weight excluding hydrogens is 361 g/mol. The number of anilines is 1. The van der Waals surface area contributed by atoms with Crippen LogP contribution in [0, 0.1) is 21.8 Å². The molecule has 0 aliphatic carbocycles. The number of nitro benzene ring substituents is 1. The predicted molar refractivity (Wildman–Crippen MR) is 97.5 cm³/mol. The number of hydrogen-bond acceptors (Lipinski definition) is 3. The van der Waals surface area contributed by atoms with Gasteiger partial charge in [0, 0.05) is 22.6 Å². The predicted octanol–water partition coefficient (Wildman–Crippen LogP) is 3.29. The highest BCUT2D eigenvalue weighted by atomic mass is 35.5. The van der Waals surface area contributed by atoms with E-state index in [0.717, 1.165) is 5.56 Å². The lowest BCUT2D eigenvalue weighted by Crippen LogP contribution is -2.88. The number of amides is 1. The Morgan fingerprint density at radius 1 is 1.27 bits per heavy atom. The molecule has 26 heavy (non-hydrogen) atoms. The average Bonchev–Trinajstić information content (AvgIpc) is 2.56. The molecule has 2 rings (SSSR count). The SMILES string of the molecule is CC(C)[C@H]([NH2+]CC(=O)Nc1cc(Cl)ccc1[N+](=O)[O-])c1ccc(F)cc1. The number of carbonyl (C=O) groups excluding carboxylic acids is 1. The van der Waals surface area contributed by atoms with Gasteiger partial charge in [-0.25, -0.2) is 4.39 Å². The van der Waals surface area contributed by atoms with E-state index < -0.39 is 4.92 Å². The van der Waals surface area contributed by atoms with Gasteiger partial charge in [0.05, 0.1) is 4.92 Å². The van der Waals surface area contributed by atoms with Gasteiger partial charge in [-0.3, -0.25) is 14.9 Å². The summed E-state index contributed by atoms with van der Waals surface area (Å²) >= 11 is 5.85. The first kappa shape index (κ1) is 19.8. The van der Waals surface area contributed by atoms with Crippen molar-refractivity contribution in [2.75, 3.05) is 11.9 Å². The van der Waals surface area contributed by atoms with Crippen LogP contribution in [0.25, 0.3) is 0 Å². The van der Waals surface area contributed by atoms with Crippen LogP contribution in [0.2, 0.25) is 5.02 Å². The van der Waals surface area contributed by atoms with Crippen molar-refractivity contribution in [1.29, 1.82) is 0 Å². The van der Waals surface area contributed by atoms with Crippen LogP contribution < -0.4 is 10.6 Å². The summed E-state index contributed by atoms with van der Waals surface area (Å²) in [5.41, 5.74) is 0.744. The van der Waals surface area contributed by atoms with Gasteiger partial charge in [-0.05, 0) is 24.3 Å². The maximum atomic E-state index is 13.1. The molecule has 0 aliphatic rings. The minimum Gasteiger partial charge on any atom is -0.332 e. The van der Waals surface area contributed by atoms with Crippen LogP contribution in [0.3, 0.4) is 0 Å². The second-order valence-electron chi connectivity index (χ2n) is 6.23. The fourth-order valence-corrected chi connectivity index (χ4v) is 2.85. The molecule has 0 aliphatic heterocycles. The van der Waals surface area contributed by atoms with Crippen molar-refractivity contribution < 1.29 is 19.4 Å². The first-order valence-electron chi connectivity index (χ1n) is 8.10. The molecule has 6 nitrogen and oxygen atoms in total. The van der Waals surface area contributed by atoms with Crippen LogP contribution in [0.5, 0.6) is 0 Å². The van der Waals surface area contributed by atoms with Crippen LogP contribution in [0.15, 0.2) is 42.5 Å². The number of halogens is 2. The Kier molecular flexibility index (Phi) is 6.65. The number of hydrogen-bond donors (Lipinski definition) is 2. The van der Waals surface area contributed by atoms with E-state index in [9.17, 15) is 19.3 Å². The Morgan fingerprint density at radius 3 is 2.50 bits per heavy atom. The molecule has 0 fully saturated rings. The summed E-state index contributed by atoms with van der Waals surface area (Å²) in [6.07, 6.45) is 0. The van der Waals surface area contributed by atoms with Gasteiger partial charge in [0.1, 0.15) is 17.5 Å². The number of nitrogens with one attached hydrogen (secondary N) is 1. The van der Waals surface area contributed by atoms with E-state index in [1.807, 2.05) is 19.2 Å². The highest BCUT2D eigenvalue weighted by molar-refractivity contribution is 6.31. The summed E-state index contributed by atoms with van der Waals surface area (Å²) in [5.74, 6) is -0.501. The number of benzene rings is 2. The number of carbonyl (C=O) groups is 1. The molecule has 0 saturated carbocycles. The lowest BCUT2D eigenvalue weighted by Gasteiger charge is -2.19. The zero-order chi connectivity index (χ0) is 19.3. The van der Waals surface area contributed by atoms with Gasteiger partial charge < -0.3 is 10.6 Å². The summed E-state index contributed by atoms with van der Waals surface area (Å²) in [5, 5.41) is 15.7. The van der Waals surface area contributed by atoms with Gasteiger partial charge in [0.15, 0.2) is 6.54 Å². The molecule has 0 spiro atoms. The normalized spacial score (nSPS) is 12.0. The van der Waals surface area contributed by atoms with E-state index >= 15 is 0 Å². The third-order valence-electron chi connectivity index (χ3n) is 3.96. The van der Waals surface area contributed by atoms with Crippen LogP contribution in [0.4, 0.5) is 15.8 Å². The monoisotopic (exact) mass is 380 g/mol. The van der Waals surface area contributed by atoms with Crippen molar-refractivity contribution in [3.63, 3.8) is 0 Å². The zero-order valence-electron chi connectivity index (χ0n) is 14.4. The van der Waals surface area contributed by atoms with E-state index in [4.69, 9.17) is 11.6 Å². The molecule has 0 aromatic heterocycles. The van der Waals surface area contributed by atoms with Gasteiger partial charge in [-0.2, -0.15) is 0 Å². The fourth-order valence-electron chi connectivity index (χ4n) is 2.68.